The maximum atomic E-state index is 13.8. The van der Waals surface area contributed by atoms with Gasteiger partial charge in [0.2, 0.25) is 6.10 Å². The van der Waals surface area contributed by atoms with Gasteiger partial charge in [0.25, 0.3) is 0 Å². The molecule has 2 aromatic heterocycles. The first kappa shape index (κ1) is 19.8. The van der Waals surface area contributed by atoms with Crippen molar-refractivity contribution in [1.29, 1.82) is 0 Å². The van der Waals surface area contributed by atoms with E-state index in [0.717, 1.165) is 30.4 Å². The van der Waals surface area contributed by atoms with Crippen LogP contribution < -0.4 is 10.6 Å². The topological polar surface area (TPSA) is 81.1 Å². The maximum absolute atomic E-state index is 13.8. The molecule has 1 fully saturated rings. The molecule has 0 unspecified atom stereocenters. The third-order valence-corrected chi connectivity index (χ3v) is 5.92. The number of carbonyl (C=O) groups is 1. The van der Waals surface area contributed by atoms with Crippen molar-refractivity contribution in [3.8, 4) is 11.3 Å². The Kier molecular flexibility index (Phi) is 4.62. The summed E-state index contributed by atoms with van der Waals surface area (Å²) in [6.45, 7) is 3.82. The molecule has 0 radical (unpaired) electrons. The lowest BCUT2D eigenvalue weighted by Gasteiger charge is -2.30. The van der Waals surface area contributed by atoms with Crippen molar-refractivity contribution in [1.82, 2.24) is 20.1 Å². The largest absolute Gasteiger partial charge is 0.431 e. The van der Waals surface area contributed by atoms with Crippen molar-refractivity contribution in [3.05, 3.63) is 42.1 Å². The summed E-state index contributed by atoms with van der Waals surface area (Å²) in [5, 5.41) is 11.2. The number of para-hydroxylation sites is 1. The van der Waals surface area contributed by atoms with Crippen LogP contribution in [0.3, 0.4) is 0 Å². The third kappa shape index (κ3) is 3.31. The molecule has 3 aromatic rings. The third-order valence-electron chi connectivity index (χ3n) is 5.92. The molecule has 0 aliphatic carbocycles. The number of halogens is 3. The predicted molar refractivity (Wildman–Crippen MR) is 108 cm³/mol. The van der Waals surface area contributed by atoms with Crippen LogP contribution in [0.4, 0.5) is 23.8 Å². The molecule has 1 saturated heterocycles. The number of piperidine rings is 1. The van der Waals surface area contributed by atoms with Crippen LogP contribution in [0.1, 0.15) is 31.1 Å². The highest BCUT2D eigenvalue weighted by Crippen LogP contribution is 2.46. The van der Waals surface area contributed by atoms with Crippen LogP contribution in [0.15, 0.2) is 36.5 Å². The lowest BCUT2D eigenvalue weighted by Crippen LogP contribution is -2.36. The number of carbonyl (C=O) groups excluding carboxylic acids is 1. The number of aromatic nitrogens is 3. The van der Waals surface area contributed by atoms with Crippen LogP contribution in [-0.2, 0) is 4.74 Å². The Balaban J connectivity index is 1.73. The van der Waals surface area contributed by atoms with E-state index in [-0.39, 0.29) is 23.0 Å². The highest BCUT2D eigenvalue weighted by molar-refractivity contribution is 5.97. The van der Waals surface area contributed by atoms with Crippen LogP contribution in [0.5, 0.6) is 0 Å². The second-order valence-corrected chi connectivity index (χ2v) is 7.92. The summed E-state index contributed by atoms with van der Waals surface area (Å²) in [5.74, 6) is 0.145. The molecule has 5 rings (SSSR count). The summed E-state index contributed by atoms with van der Waals surface area (Å²) in [4.78, 5) is 15.6. The van der Waals surface area contributed by atoms with Gasteiger partial charge in [-0.15, -0.1) is 0 Å². The Labute approximate surface area is 175 Å². The number of nitrogens with zero attached hydrogens (tertiary/aromatic N) is 3. The number of fused-ring (bicyclic) bond motifs is 2. The summed E-state index contributed by atoms with van der Waals surface area (Å²) in [7, 11) is 0. The van der Waals surface area contributed by atoms with Gasteiger partial charge in [-0.05, 0) is 37.6 Å². The number of cyclic esters (lactones) is 1. The number of alkyl halides is 3. The van der Waals surface area contributed by atoms with E-state index < -0.39 is 18.4 Å². The van der Waals surface area contributed by atoms with Gasteiger partial charge in [0.05, 0.1) is 17.1 Å². The fourth-order valence-electron chi connectivity index (χ4n) is 4.47. The first-order valence-corrected chi connectivity index (χ1v) is 10.1. The summed E-state index contributed by atoms with van der Waals surface area (Å²) in [6.07, 6.45) is -6.15. The standard InChI is InChI=1S/C21H20F3N5O2/c1-11-10-25-8-7-14(11)29-15-5-3-2-4-12(15)17(28-29)13-6-9-26-19-16(13)18(21(22,23)24)31-20(30)27-19/h2-6,9,11,14,18,25H,7-8,10H2,1H3,(H,26,27,30)/t11-,14-,18-/m1/s1. The van der Waals surface area contributed by atoms with E-state index in [1.807, 2.05) is 28.9 Å². The van der Waals surface area contributed by atoms with Crippen LogP contribution in [-0.4, -0.2) is 40.1 Å². The van der Waals surface area contributed by atoms with E-state index in [9.17, 15) is 18.0 Å². The average molecular weight is 431 g/mol. The Bertz CT molecular complexity index is 1160. The lowest BCUT2D eigenvalue weighted by molar-refractivity contribution is -0.206. The van der Waals surface area contributed by atoms with Gasteiger partial charge in [0, 0.05) is 17.1 Å². The average Bonchev–Trinajstić information content (AvgIpc) is 3.11. The molecule has 7 nitrogen and oxygen atoms in total. The number of benzene rings is 1. The van der Waals surface area contributed by atoms with E-state index in [0.29, 0.717) is 11.6 Å². The van der Waals surface area contributed by atoms with Gasteiger partial charge in [-0.3, -0.25) is 10.00 Å². The molecule has 1 amide bonds. The Morgan fingerprint density at radius 3 is 2.81 bits per heavy atom. The van der Waals surface area contributed by atoms with Gasteiger partial charge in [-0.25, -0.2) is 9.78 Å². The van der Waals surface area contributed by atoms with Crippen molar-refractivity contribution in [2.45, 2.75) is 31.7 Å². The highest BCUT2D eigenvalue weighted by Gasteiger charge is 2.49. The molecule has 31 heavy (non-hydrogen) atoms. The fraction of sp³-hybridized carbons (Fsp3) is 0.381. The van der Waals surface area contributed by atoms with Gasteiger partial charge >= 0.3 is 12.3 Å². The van der Waals surface area contributed by atoms with E-state index in [2.05, 4.69) is 27.3 Å². The quantitative estimate of drug-likeness (QED) is 0.627. The molecule has 4 heterocycles. The number of nitrogens with one attached hydrogen (secondary N) is 2. The highest BCUT2D eigenvalue weighted by atomic mass is 19.4. The van der Waals surface area contributed by atoms with Gasteiger partial charge in [0.15, 0.2) is 0 Å². The molecule has 1 aromatic carbocycles. The lowest BCUT2D eigenvalue weighted by atomic mass is 9.95. The van der Waals surface area contributed by atoms with Crippen molar-refractivity contribution in [2.24, 2.45) is 5.92 Å². The van der Waals surface area contributed by atoms with Crippen LogP contribution >= 0.6 is 0 Å². The molecule has 10 heteroatoms. The van der Waals surface area contributed by atoms with Crippen LogP contribution in [0.25, 0.3) is 22.2 Å². The fourth-order valence-corrected chi connectivity index (χ4v) is 4.47. The zero-order valence-electron chi connectivity index (χ0n) is 16.6. The zero-order chi connectivity index (χ0) is 21.8. The number of anilines is 1. The molecule has 2 aliphatic heterocycles. The van der Waals surface area contributed by atoms with Gasteiger partial charge < -0.3 is 10.1 Å². The molecule has 0 saturated carbocycles. The number of amides is 1. The minimum Gasteiger partial charge on any atom is -0.431 e. The van der Waals surface area contributed by atoms with Crippen molar-refractivity contribution in [2.75, 3.05) is 18.4 Å². The number of ether oxygens (including phenoxy) is 1. The van der Waals surface area contributed by atoms with Crippen molar-refractivity contribution < 1.29 is 22.7 Å². The summed E-state index contributed by atoms with van der Waals surface area (Å²) >= 11 is 0. The molecule has 0 spiro atoms. The monoisotopic (exact) mass is 431 g/mol. The van der Waals surface area contributed by atoms with E-state index >= 15 is 0 Å². The molecular formula is C21H20F3N5O2. The molecule has 162 valence electrons. The summed E-state index contributed by atoms with van der Waals surface area (Å²) in [6, 6.07) is 9.10. The molecular weight excluding hydrogens is 411 g/mol. The Morgan fingerprint density at radius 1 is 1.23 bits per heavy atom. The molecule has 0 bridgehead atoms. The Hall–Kier alpha value is -3.14. The van der Waals surface area contributed by atoms with Gasteiger partial charge in [-0.2, -0.15) is 18.3 Å². The van der Waals surface area contributed by atoms with Crippen molar-refractivity contribution >= 4 is 22.8 Å². The van der Waals surface area contributed by atoms with E-state index in [4.69, 9.17) is 5.10 Å². The maximum Gasteiger partial charge on any atom is 0.430 e. The Morgan fingerprint density at radius 2 is 2.03 bits per heavy atom. The van der Waals surface area contributed by atoms with E-state index in [1.54, 1.807) is 0 Å². The minimum atomic E-state index is -4.79. The second kappa shape index (κ2) is 7.23. The zero-order valence-corrected chi connectivity index (χ0v) is 16.6. The minimum absolute atomic E-state index is 0.118. The predicted octanol–water partition coefficient (Wildman–Crippen LogP) is 4.43. The second-order valence-electron chi connectivity index (χ2n) is 7.92. The molecule has 2 aliphatic rings. The summed E-state index contributed by atoms with van der Waals surface area (Å²) in [5.41, 5.74) is 1.27. The SMILES string of the molecule is C[C@@H]1CNCC[C@H]1n1nc(-c2ccnc3c2[C@H](C(F)(F)F)OC(=O)N3)c2ccccc21. The van der Waals surface area contributed by atoms with Gasteiger partial charge in [-0.1, -0.05) is 25.1 Å². The van der Waals surface area contributed by atoms with Crippen LogP contribution in [0.2, 0.25) is 0 Å². The number of pyridine rings is 1. The first-order valence-electron chi connectivity index (χ1n) is 10.1. The molecule has 2 N–H and O–H groups in total. The van der Waals surface area contributed by atoms with Crippen molar-refractivity contribution in [3.63, 3.8) is 0 Å². The number of hydrogen-bond acceptors (Lipinski definition) is 5. The van der Waals surface area contributed by atoms with Gasteiger partial charge in [0.1, 0.15) is 11.5 Å². The molecule has 3 atom stereocenters. The smallest absolute Gasteiger partial charge is 0.430 e. The normalized spacial score (nSPS) is 23.9. The first-order chi connectivity index (χ1) is 14.8. The number of rotatable bonds is 2. The number of hydrogen-bond donors (Lipinski definition) is 2. The summed E-state index contributed by atoms with van der Waals surface area (Å²) < 4.78 is 47.9. The van der Waals surface area contributed by atoms with E-state index in [1.165, 1.54) is 12.3 Å². The van der Waals surface area contributed by atoms with Crippen LogP contribution in [0, 0.1) is 5.92 Å².